The van der Waals surface area contributed by atoms with Crippen molar-refractivity contribution < 1.29 is 18.0 Å². The molecular weight excluding hydrogens is 335 g/mol. The number of aromatic nitrogens is 2. The van der Waals surface area contributed by atoms with E-state index in [2.05, 4.69) is 10.4 Å². The summed E-state index contributed by atoms with van der Waals surface area (Å²) in [5.74, 6) is -0.185. The molecule has 0 aliphatic heterocycles. The van der Waals surface area contributed by atoms with Crippen LogP contribution in [0.2, 0.25) is 0 Å². The van der Waals surface area contributed by atoms with E-state index in [1.165, 1.54) is 0 Å². The molecule has 0 radical (unpaired) electrons. The Labute approximate surface area is 143 Å². The van der Waals surface area contributed by atoms with Gasteiger partial charge < -0.3 is 5.32 Å². The van der Waals surface area contributed by atoms with E-state index in [-0.39, 0.29) is 17.7 Å². The number of nitrogens with zero attached hydrogens (tertiary/aromatic N) is 2. The zero-order valence-electron chi connectivity index (χ0n) is 14.1. The summed E-state index contributed by atoms with van der Waals surface area (Å²) < 4.78 is 40.0. The van der Waals surface area contributed by atoms with Gasteiger partial charge >= 0.3 is 6.18 Å². The van der Waals surface area contributed by atoms with Crippen molar-refractivity contribution in [1.82, 2.24) is 15.1 Å². The van der Waals surface area contributed by atoms with E-state index in [0.29, 0.717) is 10.6 Å². The third kappa shape index (κ3) is 4.22. The van der Waals surface area contributed by atoms with Crippen LogP contribution in [0.5, 0.6) is 0 Å². The summed E-state index contributed by atoms with van der Waals surface area (Å²) in [6.45, 7) is 1.57. The van der Waals surface area contributed by atoms with E-state index in [0.717, 1.165) is 44.6 Å². The molecule has 3 rings (SSSR count). The van der Waals surface area contributed by atoms with Gasteiger partial charge in [-0.15, -0.1) is 0 Å². The number of rotatable bonds is 4. The summed E-state index contributed by atoms with van der Waals surface area (Å²) in [4.78, 5) is 24.3. The highest BCUT2D eigenvalue weighted by Crippen LogP contribution is 2.40. The summed E-state index contributed by atoms with van der Waals surface area (Å²) in [6, 6.07) is 0.836. The highest BCUT2D eigenvalue weighted by Gasteiger charge is 2.38. The van der Waals surface area contributed by atoms with E-state index in [9.17, 15) is 22.8 Å². The first-order chi connectivity index (χ1) is 11.8. The number of carbonyl (C=O) groups excluding carboxylic acids is 1. The smallest absolute Gasteiger partial charge is 0.351 e. The number of carbonyl (C=O) groups is 1. The van der Waals surface area contributed by atoms with Gasteiger partial charge in [0, 0.05) is 12.0 Å². The van der Waals surface area contributed by atoms with E-state index in [1.54, 1.807) is 0 Å². The van der Waals surface area contributed by atoms with Gasteiger partial charge in [0.1, 0.15) is 12.1 Å². The summed E-state index contributed by atoms with van der Waals surface area (Å²) in [5, 5.41) is 6.85. The molecule has 2 fully saturated rings. The Morgan fingerprint density at radius 3 is 2.56 bits per heavy atom. The van der Waals surface area contributed by atoms with Gasteiger partial charge in [-0.05, 0) is 37.7 Å². The fourth-order valence-corrected chi connectivity index (χ4v) is 3.37. The molecule has 2 atom stereocenters. The largest absolute Gasteiger partial charge is 0.421 e. The predicted octanol–water partition coefficient (Wildman–Crippen LogP) is 2.83. The van der Waals surface area contributed by atoms with Crippen LogP contribution < -0.4 is 10.9 Å². The van der Waals surface area contributed by atoms with Crippen molar-refractivity contribution in [3.05, 3.63) is 27.7 Å². The van der Waals surface area contributed by atoms with Crippen LogP contribution >= 0.6 is 0 Å². The highest BCUT2D eigenvalue weighted by atomic mass is 19.4. The molecule has 1 aromatic rings. The lowest BCUT2D eigenvalue weighted by Gasteiger charge is -2.29. The van der Waals surface area contributed by atoms with Crippen molar-refractivity contribution in [1.29, 1.82) is 0 Å². The molecule has 1 aromatic heterocycles. The average Bonchev–Trinajstić information content (AvgIpc) is 3.35. The fraction of sp³-hybridized carbons (Fsp3) is 0.706. The highest BCUT2D eigenvalue weighted by molar-refractivity contribution is 5.76. The minimum Gasteiger partial charge on any atom is -0.351 e. The van der Waals surface area contributed by atoms with Crippen LogP contribution in [0.4, 0.5) is 13.2 Å². The molecule has 8 heteroatoms. The SMILES string of the molecule is C[C@H]1CCCC[C@@H]1NC(=O)Cn1nc(C2CC2)cc(C(F)(F)F)c1=O. The number of hydrogen-bond donors (Lipinski definition) is 1. The zero-order valence-corrected chi connectivity index (χ0v) is 14.1. The Hall–Kier alpha value is -1.86. The quantitative estimate of drug-likeness (QED) is 0.901. The second kappa shape index (κ2) is 6.80. The maximum atomic E-state index is 13.1. The second-order valence-electron chi connectivity index (χ2n) is 7.15. The minimum atomic E-state index is -4.75. The van der Waals surface area contributed by atoms with Crippen molar-refractivity contribution in [2.24, 2.45) is 5.92 Å². The van der Waals surface area contributed by atoms with Gasteiger partial charge in [0.15, 0.2) is 0 Å². The fourth-order valence-electron chi connectivity index (χ4n) is 3.37. The number of amides is 1. The Kier molecular flexibility index (Phi) is 4.88. The van der Waals surface area contributed by atoms with Crippen molar-refractivity contribution in [2.75, 3.05) is 0 Å². The molecule has 5 nitrogen and oxygen atoms in total. The first-order valence-electron chi connectivity index (χ1n) is 8.74. The van der Waals surface area contributed by atoms with Gasteiger partial charge in [0.2, 0.25) is 5.91 Å². The molecule has 25 heavy (non-hydrogen) atoms. The lowest BCUT2D eigenvalue weighted by atomic mass is 9.86. The van der Waals surface area contributed by atoms with Crippen LogP contribution in [0, 0.1) is 5.92 Å². The topological polar surface area (TPSA) is 64.0 Å². The molecule has 0 saturated heterocycles. The number of hydrogen-bond acceptors (Lipinski definition) is 3. The first-order valence-corrected chi connectivity index (χ1v) is 8.74. The lowest BCUT2D eigenvalue weighted by molar-refractivity contribution is -0.139. The maximum Gasteiger partial charge on any atom is 0.421 e. The lowest BCUT2D eigenvalue weighted by Crippen LogP contribution is -2.44. The molecule has 2 aliphatic carbocycles. The molecule has 0 aromatic carbocycles. The summed E-state index contributed by atoms with van der Waals surface area (Å²) in [6.07, 6.45) is 0.766. The average molecular weight is 357 g/mol. The minimum absolute atomic E-state index is 0.00523. The van der Waals surface area contributed by atoms with Gasteiger partial charge in [-0.2, -0.15) is 18.3 Å². The van der Waals surface area contributed by atoms with Crippen molar-refractivity contribution >= 4 is 5.91 Å². The van der Waals surface area contributed by atoms with Crippen molar-refractivity contribution in [3.63, 3.8) is 0 Å². The van der Waals surface area contributed by atoms with E-state index >= 15 is 0 Å². The van der Waals surface area contributed by atoms with Gasteiger partial charge in [0.25, 0.3) is 5.56 Å². The van der Waals surface area contributed by atoms with Crippen LogP contribution in [0.1, 0.15) is 62.6 Å². The number of halogens is 3. The predicted molar refractivity (Wildman–Crippen MR) is 85.0 cm³/mol. The van der Waals surface area contributed by atoms with E-state index in [1.807, 2.05) is 6.92 Å². The molecule has 1 N–H and O–H groups in total. The zero-order chi connectivity index (χ0) is 18.2. The van der Waals surface area contributed by atoms with Crippen LogP contribution in [-0.2, 0) is 17.5 Å². The first kappa shape index (κ1) is 17.9. The molecule has 1 heterocycles. The molecule has 0 bridgehead atoms. The Bertz CT molecular complexity index is 710. The third-order valence-corrected chi connectivity index (χ3v) is 5.05. The molecule has 2 aliphatic rings. The number of nitrogens with one attached hydrogen (secondary N) is 1. The Morgan fingerprint density at radius 2 is 1.96 bits per heavy atom. The standard InChI is InChI=1S/C17H22F3N3O2/c1-10-4-2-3-5-13(10)21-15(24)9-23-16(25)12(17(18,19)20)8-14(22-23)11-6-7-11/h8,10-11,13H,2-7,9H2,1H3,(H,21,24)/t10-,13-/m0/s1. The van der Waals surface area contributed by atoms with Crippen LogP contribution in [0.25, 0.3) is 0 Å². The van der Waals surface area contributed by atoms with Gasteiger partial charge in [-0.25, -0.2) is 4.68 Å². The van der Waals surface area contributed by atoms with Crippen LogP contribution in [0.3, 0.4) is 0 Å². The molecule has 2 saturated carbocycles. The summed E-state index contributed by atoms with van der Waals surface area (Å²) >= 11 is 0. The van der Waals surface area contributed by atoms with Gasteiger partial charge in [0.05, 0.1) is 5.69 Å². The Morgan fingerprint density at radius 1 is 1.28 bits per heavy atom. The monoisotopic (exact) mass is 357 g/mol. The van der Waals surface area contributed by atoms with Gasteiger partial charge in [-0.3, -0.25) is 9.59 Å². The van der Waals surface area contributed by atoms with E-state index < -0.39 is 29.8 Å². The third-order valence-electron chi connectivity index (χ3n) is 5.05. The number of alkyl halides is 3. The normalized spacial score (nSPS) is 24.2. The van der Waals surface area contributed by atoms with Crippen molar-refractivity contribution in [2.45, 2.75) is 70.1 Å². The second-order valence-corrected chi connectivity index (χ2v) is 7.15. The van der Waals surface area contributed by atoms with Gasteiger partial charge in [-0.1, -0.05) is 19.8 Å². The van der Waals surface area contributed by atoms with Crippen LogP contribution in [-0.4, -0.2) is 21.7 Å². The van der Waals surface area contributed by atoms with Crippen molar-refractivity contribution in [3.8, 4) is 0 Å². The van der Waals surface area contributed by atoms with E-state index in [4.69, 9.17) is 0 Å². The molecule has 138 valence electrons. The maximum absolute atomic E-state index is 13.1. The van der Waals surface area contributed by atoms with Crippen LogP contribution in [0.15, 0.2) is 10.9 Å². The summed E-state index contributed by atoms with van der Waals surface area (Å²) in [7, 11) is 0. The summed E-state index contributed by atoms with van der Waals surface area (Å²) in [5.41, 5.74) is -2.27. The molecule has 0 spiro atoms. The molecule has 1 amide bonds. The Balaban J connectivity index is 1.80. The molecule has 0 unspecified atom stereocenters. The molecular formula is C17H22F3N3O2.